The Morgan fingerprint density at radius 1 is 1.00 bits per heavy atom. The van der Waals surface area contributed by atoms with Crippen molar-refractivity contribution in [2.24, 2.45) is 0 Å². The van der Waals surface area contributed by atoms with Crippen molar-refractivity contribution in [1.82, 2.24) is 0 Å². The summed E-state index contributed by atoms with van der Waals surface area (Å²) in [4.78, 5) is 14.6. The number of halogens is 3. The topological polar surface area (TPSA) is 48.0 Å². The molecule has 0 radical (unpaired) electrons. The standard InChI is InChI=1S/C18H14Cl3NO4/c19-11-1-3-12(4-2-11)24-8-7-22-16-14(21)6-5-13(20)15(16)18(17(22)23)25-9-10-26-18/h1-6H,7-10H2. The lowest BCUT2D eigenvalue weighted by atomic mass is 10.1. The van der Waals surface area contributed by atoms with Crippen LogP contribution in [0.25, 0.3) is 0 Å². The van der Waals surface area contributed by atoms with Crippen LogP contribution in [0.2, 0.25) is 15.1 Å². The summed E-state index contributed by atoms with van der Waals surface area (Å²) in [5.41, 5.74) is 0.964. The minimum Gasteiger partial charge on any atom is -0.492 e. The third-order valence-electron chi connectivity index (χ3n) is 4.29. The number of ether oxygens (including phenoxy) is 3. The first-order valence-electron chi connectivity index (χ1n) is 7.99. The van der Waals surface area contributed by atoms with Crippen LogP contribution in [0.1, 0.15) is 5.56 Å². The Kier molecular flexibility index (Phi) is 4.75. The van der Waals surface area contributed by atoms with Gasteiger partial charge < -0.3 is 19.1 Å². The van der Waals surface area contributed by atoms with Gasteiger partial charge in [-0.25, -0.2) is 0 Å². The molecule has 0 aromatic heterocycles. The number of rotatable bonds is 4. The van der Waals surface area contributed by atoms with E-state index in [9.17, 15) is 4.79 Å². The number of amides is 1. The fraction of sp³-hybridized carbons (Fsp3) is 0.278. The zero-order valence-electron chi connectivity index (χ0n) is 13.5. The second-order valence-corrected chi connectivity index (χ2v) is 7.08. The number of fused-ring (bicyclic) bond motifs is 2. The van der Waals surface area contributed by atoms with Crippen LogP contribution in [-0.2, 0) is 20.1 Å². The highest BCUT2D eigenvalue weighted by atomic mass is 35.5. The van der Waals surface area contributed by atoms with Crippen LogP contribution in [0.15, 0.2) is 36.4 Å². The molecule has 0 atom stereocenters. The van der Waals surface area contributed by atoms with Crippen molar-refractivity contribution >= 4 is 46.4 Å². The Balaban J connectivity index is 1.60. The molecule has 1 saturated heterocycles. The van der Waals surface area contributed by atoms with E-state index in [0.717, 1.165) is 0 Å². The van der Waals surface area contributed by atoms with Gasteiger partial charge in [0.15, 0.2) is 0 Å². The zero-order chi connectivity index (χ0) is 18.3. The van der Waals surface area contributed by atoms with Crippen LogP contribution in [-0.4, -0.2) is 32.3 Å². The van der Waals surface area contributed by atoms with Crippen LogP contribution in [0, 0.1) is 0 Å². The van der Waals surface area contributed by atoms with Crippen molar-refractivity contribution in [3.05, 3.63) is 57.0 Å². The van der Waals surface area contributed by atoms with E-state index in [1.165, 1.54) is 4.90 Å². The Morgan fingerprint density at radius 2 is 1.65 bits per heavy atom. The molecule has 1 spiro atoms. The highest BCUT2D eigenvalue weighted by molar-refractivity contribution is 6.38. The SMILES string of the molecule is O=C1N(CCOc2ccc(Cl)cc2)c2c(Cl)ccc(Cl)c2C12OCCO2. The van der Waals surface area contributed by atoms with Crippen molar-refractivity contribution in [3.8, 4) is 5.75 Å². The lowest BCUT2D eigenvalue weighted by molar-refractivity contribution is -0.180. The van der Waals surface area contributed by atoms with Crippen molar-refractivity contribution < 1.29 is 19.0 Å². The number of carbonyl (C=O) groups excluding carboxylic acids is 1. The molecule has 0 saturated carbocycles. The van der Waals surface area contributed by atoms with Gasteiger partial charge >= 0.3 is 0 Å². The molecular weight excluding hydrogens is 401 g/mol. The largest absolute Gasteiger partial charge is 0.492 e. The fourth-order valence-corrected chi connectivity index (χ4v) is 3.85. The predicted octanol–water partition coefficient (Wildman–Crippen LogP) is 4.27. The molecule has 0 unspecified atom stereocenters. The summed E-state index contributed by atoms with van der Waals surface area (Å²) < 4.78 is 17.0. The number of hydrogen-bond donors (Lipinski definition) is 0. The van der Waals surface area contributed by atoms with Crippen molar-refractivity contribution in [1.29, 1.82) is 0 Å². The van der Waals surface area contributed by atoms with E-state index in [1.54, 1.807) is 36.4 Å². The molecule has 5 nitrogen and oxygen atoms in total. The van der Waals surface area contributed by atoms with Gasteiger partial charge in [-0.15, -0.1) is 0 Å². The molecule has 2 heterocycles. The number of hydrogen-bond acceptors (Lipinski definition) is 4. The first kappa shape index (κ1) is 17.9. The maximum Gasteiger partial charge on any atom is 0.292 e. The van der Waals surface area contributed by atoms with E-state index in [1.807, 2.05) is 0 Å². The molecular formula is C18H14Cl3NO4. The van der Waals surface area contributed by atoms with Crippen LogP contribution in [0.3, 0.4) is 0 Å². The highest BCUT2D eigenvalue weighted by Gasteiger charge is 2.57. The smallest absolute Gasteiger partial charge is 0.292 e. The Bertz CT molecular complexity index is 850. The number of benzene rings is 2. The average Bonchev–Trinajstić information content (AvgIpc) is 3.21. The van der Waals surface area contributed by atoms with Gasteiger partial charge in [0, 0.05) is 5.02 Å². The summed E-state index contributed by atoms with van der Waals surface area (Å²) in [5, 5.41) is 1.40. The van der Waals surface area contributed by atoms with E-state index in [-0.39, 0.29) is 19.1 Å². The number of anilines is 1. The summed E-state index contributed by atoms with van der Waals surface area (Å²) in [6, 6.07) is 10.3. The third kappa shape index (κ3) is 2.84. The molecule has 1 fully saturated rings. The molecule has 2 aliphatic rings. The van der Waals surface area contributed by atoms with Crippen LogP contribution in [0.5, 0.6) is 5.75 Å². The van der Waals surface area contributed by atoms with Crippen LogP contribution in [0.4, 0.5) is 5.69 Å². The zero-order valence-corrected chi connectivity index (χ0v) is 15.8. The number of nitrogens with zero attached hydrogens (tertiary/aromatic N) is 1. The van der Waals surface area contributed by atoms with Gasteiger partial charge in [0.05, 0.1) is 41.1 Å². The lowest BCUT2D eigenvalue weighted by Gasteiger charge is -2.22. The summed E-state index contributed by atoms with van der Waals surface area (Å²) in [5.74, 6) is -1.21. The Labute approximate surface area is 165 Å². The van der Waals surface area contributed by atoms with Crippen LogP contribution < -0.4 is 9.64 Å². The highest BCUT2D eigenvalue weighted by Crippen LogP contribution is 2.51. The van der Waals surface area contributed by atoms with E-state index in [2.05, 4.69) is 0 Å². The third-order valence-corrected chi connectivity index (χ3v) is 5.17. The molecule has 136 valence electrons. The predicted molar refractivity (Wildman–Crippen MR) is 99.3 cm³/mol. The van der Waals surface area contributed by atoms with Gasteiger partial charge in [0.1, 0.15) is 12.4 Å². The maximum atomic E-state index is 13.1. The number of carbonyl (C=O) groups is 1. The molecule has 8 heteroatoms. The maximum absolute atomic E-state index is 13.1. The van der Waals surface area contributed by atoms with Crippen molar-refractivity contribution in [2.75, 3.05) is 31.3 Å². The molecule has 1 amide bonds. The lowest BCUT2D eigenvalue weighted by Crippen LogP contribution is -2.42. The van der Waals surface area contributed by atoms with Crippen molar-refractivity contribution in [3.63, 3.8) is 0 Å². The molecule has 0 aliphatic carbocycles. The quantitative estimate of drug-likeness (QED) is 0.749. The van der Waals surface area contributed by atoms with E-state index in [0.29, 0.717) is 45.3 Å². The summed E-state index contributed by atoms with van der Waals surface area (Å²) in [7, 11) is 0. The first-order chi connectivity index (χ1) is 12.5. The molecule has 4 rings (SSSR count). The summed E-state index contributed by atoms with van der Waals surface area (Å²) in [6.07, 6.45) is 0. The van der Waals surface area contributed by atoms with Gasteiger partial charge in [-0.05, 0) is 36.4 Å². The van der Waals surface area contributed by atoms with Gasteiger partial charge in [0.25, 0.3) is 11.7 Å². The molecule has 2 aliphatic heterocycles. The molecule has 0 N–H and O–H groups in total. The van der Waals surface area contributed by atoms with E-state index >= 15 is 0 Å². The summed E-state index contributed by atoms with van der Waals surface area (Å²) >= 11 is 18.6. The monoisotopic (exact) mass is 413 g/mol. The minimum atomic E-state index is -1.52. The molecule has 2 aromatic carbocycles. The molecule has 2 aromatic rings. The van der Waals surface area contributed by atoms with Crippen LogP contribution >= 0.6 is 34.8 Å². The van der Waals surface area contributed by atoms with Gasteiger partial charge in [0.2, 0.25) is 0 Å². The second kappa shape index (κ2) is 6.91. The van der Waals surface area contributed by atoms with Gasteiger partial charge in [-0.2, -0.15) is 0 Å². The van der Waals surface area contributed by atoms with Gasteiger partial charge in [-0.1, -0.05) is 34.8 Å². The minimum absolute atomic E-state index is 0.256. The fourth-order valence-electron chi connectivity index (χ4n) is 3.18. The molecule has 26 heavy (non-hydrogen) atoms. The van der Waals surface area contributed by atoms with E-state index < -0.39 is 5.79 Å². The van der Waals surface area contributed by atoms with Crippen molar-refractivity contribution in [2.45, 2.75) is 5.79 Å². The molecule has 0 bridgehead atoms. The van der Waals surface area contributed by atoms with E-state index in [4.69, 9.17) is 49.0 Å². The average molecular weight is 415 g/mol. The first-order valence-corrected chi connectivity index (χ1v) is 9.13. The Morgan fingerprint density at radius 3 is 2.35 bits per heavy atom. The normalized spacial score (nSPS) is 17.8. The second-order valence-electron chi connectivity index (χ2n) is 5.83. The van der Waals surface area contributed by atoms with Gasteiger partial charge in [-0.3, -0.25) is 4.79 Å². The Hall–Kier alpha value is -1.50. The summed E-state index contributed by atoms with van der Waals surface area (Å²) in [6.45, 7) is 1.14.